The van der Waals surface area contributed by atoms with Crippen LogP contribution in [-0.2, 0) is 9.59 Å². The lowest BCUT2D eigenvalue weighted by atomic mass is 10.1. The fraction of sp³-hybridized carbons (Fsp3) is 0.400. The molecule has 2 N–H and O–H groups in total. The molecular weight excluding hydrogens is 310 g/mol. The summed E-state index contributed by atoms with van der Waals surface area (Å²) in [5, 5.41) is 10.9. The average Bonchev–Trinajstić information content (AvgIpc) is 2.92. The van der Waals surface area contributed by atoms with Crippen LogP contribution in [0.1, 0.15) is 29.6 Å². The van der Waals surface area contributed by atoms with Crippen LogP contribution >= 0.6 is 0 Å². The average molecular weight is 326 g/mol. The van der Waals surface area contributed by atoms with Gasteiger partial charge in [-0.25, -0.2) is 13.6 Å². The lowest BCUT2D eigenvalue weighted by Crippen LogP contribution is -2.42. The number of carboxylic acids is 1. The maximum atomic E-state index is 12.3. The van der Waals surface area contributed by atoms with Crippen molar-refractivity contribution in [1.82, 2.24) is 5.32 Å². The minimum absolute atomic E-state index is 0.00470. The molecule has 124 valence electrons. The summed E-state index contributed by atoms with van der Waals surface area (Å²) in [4.78, 5) is 36.0. The number of rotatable bonds is 6. The summed E-state index contributed by atoms with van der Waals surface area (Å²) in [7, 11) is 0. The number of anilines is 1. The number of halogens is 2. The van der Waals surface area contributed by atoms with E-state index in [9.17, 15) is 23.2 Å². The molecule has 1 aromatic carbocycles. The van der Waals surface area contributed by atoms with Gasteiger partial charge in [0.1, 0.15) is 6.04 Å². The van der Waals surface area contributed by atoms with Gasteiger partial charge in [0.15, 0.2) is 0 Å². The number of amides is 2. The number of hydrogen-bond donors (Lipinski definition) is 2. The summed E-state index contributed by atoms with van der Waals surface area (Å²) < 4.78 is 24.6. The number of hydrogen-bond acceptors (Lipinski definition) is 3. The number of alkyl halides is 2. The van der Waals surface area contributed by atoms with Crippen LogP contribution in [-0.4, -0.2) is 41.9 Å². The van der Waals surface area contributed by atoms with Crippen molar-refractivity contribution < 1.29 is 28.3 Å². The van der Waals surface area contributed by atoms with Gasteiger partial charge in [0.25, 0.3) is 5.91 Å². The summed E-state index contributed by atoms with van der Waals surface area (Å²) in [6, 6.07) is 4.35. The highest BCUT2D eigenvalue weighted by Gasteiger charge is 2.25. The molecule has 1 unspecified atom stereocenters. The summed E-state index contributed by atoms with van der Waals surface area (Å²) in [6.07, 6.45) is -2.54. The fourth-order valence-electron chi connectivity index (χ4n) is 2.36. The minimum Gasteiger partial charge on any atom is -0.480 e. The van der Waals surface area contributed by atoms with E-state index in [1.165, 1.54) is 12.1 Å². The Kier molecular flexibility index (Phi) is 5.25. The molecule has 0 radical (unpaired) electrons. The second kappa shape index (κ2) is 7.17. The summed E-state index contributed by atoms with van der Waals surface area (Å²) in [5.74, 6) is -2.26. The van der Waals surface area contributed by atoms with Crippen molar-refractivity contribution in [3.8, 4) is 0 Å². The molecular formula is C15H16F2N2O4. The van der Waals surface area contributed by atoms with Crippen LogP contribution in [0.5, 0.6) is 0 Å². The minimum atomic E-state index is -2.83. The highest BCUT2D eigenvalue weighted by atomic mass is 19.3. The molecule has 0 aliphatic carbocycles. The number of carbonyl (C=O) groups is 3. The van der Waals surface area contributed by atoms with Gasteiger partial charge >= 0.3 is 5.97 Å². The molecule has 1 fully saturated rings. The number of carbonyl (C=O) groups excluding carboxylic acids is 2. The van der Waals surface area contributed by atoms with E-state index in [1.807, 2.05) is 0 Å². The Labute approximate surface area is 131 Å². The van der Waals surface area contributed by atoms with Gasteiger partial charge in [-0.2, -0.15) is 0 Å². The second-order valence-corrected chi connectivity index (χ2v) is 5.19. The Hall–Kier alpha value is -2.51. The van der Waals surface area contributed by atoms with Gasteiger partial charge in [0.05, 0.1) is 0 Å². The lowest BCUT2D eigenvalue weighted by molar-refractivity contribution is -0.140. The SMILES string of the molecule is O=C(NC(CC(F)F)C(=O)O)c1ccc(N2CCCC2=O)cc1. The number of nitrogens with zero attached hydrogens (tertiary/aromatic N) is 1. The van der Waals surface area contributed by atoms with Gasteiger partial charge in [-0.15, -0.1) is 0 Å². The van der Waals surface area contributed by atoms with Gasteiger partial charge in [-0.05, 0) is 30.7 Å². The van der Waals surface area contributed by atoms with E-state index in [0.717, 1.165) is 6.42 Å². The summed E-state index contributed by atoms with van der Waals surface area (Å²) in [6.45, 7) is 0.611. The Bertz CT molecular complexity index is 604. The van der Waals surface area contributed by atoms with Crippen LogP contribution in [0.4, 0.5) is 14.5 Å². The van der Waals surface area contributed by atoms with Crippen molar-refractivity contribution in [3.05, 3.63) is 29.8 Å². The van der Waals surface area contributed by atoms with Crippen LogP contribution in [0.3, 0.4) is 0 Å². The van der Waals surface area contributed by atoms with E-state index < -0.39 is 30.8 Å². The van der Waals surface area contributed by atoms with E-state index in [4.69, 9.17) is 5.11 Å². The van der Waals surface area contributed by atoms with Crippen LogP contribution < -0.4 is 10.2 Å². The van der Waals surface area contributed by atoms with Crippen LogP contribution in [0, 0.1) is 0 Å². The molecule has 1 aliphatic rings. The zero-order chi connectivity index (χ0) is 17.0. The van der Waals surface area contributed by atoms with Gasteiger partial charge < -0.3 is 15.3 Å². The molecule has 6 nitrogen and oxygen atoms in total. The number of benzene rings is 1. The maximum Gasteiger partial charge on any atom is 0.326 e. The van der Waals surface area contributed by atoms with Crippen LogP contribution in [0.2, 0.25) is 0 Å². The first-order valence-electron chi connectivity index (χ1n) is 7.10. The Morgan fingerprint density at radius 1 is 1.26 bits per heavy atom. The Balaban J connectivity index is 2.04. The third-order valence-corrected chi connectivity index (χ3v) is 3.53. The monoisotopic (exact) mass is 326 g/mol. The van der Waals surface area contributed by atoms with Gasteiger partial charge in [-0.3, -0.25) is 9.59 Å². The topological polar surface area (TPSA) is 86.7 Å². The summed E-state index contributed by atoms with van der Waals surface area (Å²) >= 11 is 0. The predicted molar refractivity (Wildman–Crippen MR) is 77.5 cm³/mol. The van der Waals surface area contributed by atoms with Crippen molar-refractivity contribution in [1.29, 1.82) is 0 Å². The molecule has 2 amide bonds. The fourth-order valence-corrected chi connectivity index (χ4v) is 2.36. The van der Waals surface area contributed by atoms with Crippen molar-refractivity contribution in [2.75, 3.05) is 11.4 Å². The van der Waals surface area contributed by atoms with Crippen LogP contribution in [0.25, 0.3) is 0 Å². The lowest BCUT2D eigenvalue weighted by Gasteiger charge is -2.17. The molecule has 0 spiro atoms. The van der Waals surface area contributed by atoms with E-state index in [2.05, 4.69) is 5.32 Å². The second-order valence-electron chi connectivity index (χ2n) is 5.19. The largest absolute Gasteiger partial charge is 0.480 e. The first-order valence-corrected chi connectivity index (χ1v) is 7.10. The third kappa shape index (κ3) is 4.24. The highest BCUT2D eigenvalue weighted by molar-refractivity contribution is 5.98. The molecule has 23 heavy (non-hydrogen) atoms. The molecule has 2 rings (SSSR count). The molecule has 1 aliphatic heterocycles. The molecule has 1 saturated heterocycles. The third-order valence-electron chi connectivity index (χ3n) is 3.53. The van der Waals surface area contributed by atoms with Crippen molar-refractivity contribution in [3.63, 3.8) is 0 Å². The van der Waals surface area contributed by atoms with Crippen molar-refractivity contribution >= 4 is 23.5 Å². The quantitative estimate of drug-likeness (QED) is 0.832. The normalized spacial score (nSPS) is 15.8. The molecule has 0 aromatic heterocycles. The first kappa shape index (κ1) is 16.9. The van der Waals surface area contributed by atoms with E-state index >= 15 is 0 Å². The van der Waals surface area contributed by atoms with Gasteiger partial charge in [-0.1, -0.05) is 0 Å². The molecule has 1 heterocycles. The highest BCUT2D eigenvalue weighted by Crippen LogP contribution is 2.21. The van der Waals surface area contributed by atoms with Crippen molar-refractivity contribution in [2.24, 2.45) is 0 Å². The number of nitrogens with one attached hydrogen (secondary N) is 1. The Morgan fingerprint density at radius 3 is 2.39 bits per heavy atom. The van der Waals surface area contributed by atoms with E-state index in [0.29, 0.717) is 18.7 Å². The van der Waals surface area contributed by atoms with Gasteiger partial charge in [0, 0.05) is 30.6 Å². The summed E-state index contributed by atoms with van der Waals surface area (Å²) in [5.41, 5.74) is 0.785. The van der Waals surface area contributed by atoms with Crippen molar-refractivity contribution in [2.45, 2.75) is 31.7 Å². The maximum absolute atomic E-state index is 12.3. The standard InChI is InChI=1S/C15H16F2N2O4/c16-12(17)8-11(15(22)23)18-14(21)9-3-5-10(6-4-9)19-7-1-2-13(19)20/h3-6,11-12H,1-2,7-8H2,(H,18,21)(H,22,23). The molecule has 8 heteroatoms. The zero-order valence-electron chi connectivity index (χ0n) is 12.2. The molecule has 0 bridgehead atoms. The zero-order valence-corrected chi connectivity index (χ0v) is 12.2. The van der Waals surface area contributed by atoms with E-state index in [-0.39, 0.29) is 11.5 Å². The smallest absolute Gasteiger partial charge is 0.326 e. The van der Waals surface area contributed by atoms with Crippen LogP contribution in [0.15, 0.2) is 24.3 Å². The van der Waals surface area contributed by atoms with Gasteiger partial charge in [0.2, 0.25) is 12.3 Å². The number of aliphatic carboxylic acids is 1. The number of carboxylic acid groups (broad SMARTS) is 1. The Morgan fingerprint density at radius 2 is 1.91 bits per heavy atom. The van der Waals surface area contributed by atoms with E-state index in [1.54, 1.807) is 17.0 Å². The molecule has 0 saturated carbocycles. The molecule has 1 aromatic rings. The predicted octanol–water partition coefficient (Wildman–Crippen LogP) is 1.65. The molecule has 1 atom stereocenters. The first-order chi connectivity index (χ1) is 10.9.